The molecule has 8 heteroatoms. The molecule has 4 rings (SSSR count). The Bertz CT molecular complexity index is 1020. The van der Waals surface area contributed by atoms with Crippen molar-refractivity contribution in [1.82, 2.24) is 15.0 Å². The largest absolute Gasteiger partial charge is 0.489 e. The van der Waals surface area contributed by atoms with Crippen molar-refractivity contribution in [2.75, 3.05) is 18.4 Å². The quantitative estimate of drug-likeness (QED) is 0.660. The molecule has 30 heavy (non-hydrogen) atoms. The fourth-order valence-corrected chi connectivity index (χ4v) is 3.23. The smallest absolute Gasteiger partial charge is 0.322 e. The van der Waals surface area contributed by atoms with Crippen LogP contribution in [0.3, 0.4) is 0 Å². The minimum atomic E-state index is -0.458. The van der Waals surface area contributed by atoms with E-state index in [2.05, 4.69) is 15.5 Å². The van der Waals surface area contributed by atoms with Gasteiger partial charge in [0.2, 0.25) is 11.7 Å². The number of hydrogen-bond donors (Lipinski definition) is 1. The van der Waals surface area contributed by atoms with E-state index in [1.807, 2.05) is 38.1 Å². The summed E-state index contributed by atoms with van der Waals surface area (Å²) in [6.45, 7) is 4.97. The molecule has 1 N–H and O–H groups in total. The van der Waals surface area contributed by atoms with Crippen molar-refractivity contribution in [1.29, 1.82) is 0 Å². The standard InChI is InChI=1S/C22H23FN4O3/c1-14(2)21-25-20(26-30-21)15-7-9-16(10-8-15)29-17-11-12-27(13-17)22(28)24-19-6-4-3-5-18(19)23/h3-10,14,17H,11-13H2,1-2H3,(H,24,28). The van der Waals surface area contributed by atoms with Crippen molar-refractivity contribution in [3.63, 3.8) is 0 Å². The van der Waals surface area contributed by atoms with Crippen molar-refractivity contribution in [3.8, 4) is 17.1 Å². The highest BCUT2D eigenvalue weighted by atomic mass is 19.1. The van der Waals surface area contributed by atoms with Crippen LogP contribution < -0.4 is 10.1 Å². The summed E-state index contributed by atoms with van der Waals surface area (Å²) in [6.07, 6.45) is 0.578. The van der Waals surface area contributed by atoms with E-state index in [9.17, 15) is 9.18 Å². The molecule has 7 nitrogen and oxygen atoms in total. The van der Waals surface area contributed by atoms with E-state index in [-0.39, 0.29) is 23.7 Å². The predicted molar refractivity (Wildman–Crippen MR) is 110 cm³/mol. The molecule has 1 aliphatic heterocycles. The van der Waals surface area contributed by atoms with E-state index < -0.39 is 5.82 Å². The van der Waals surface area contributed by atoms with E-state index in [1.54, 1.807) is 17.0 Å². The van der Waals surface area contributed by atoms with Gasteiger partial charge in [-0.15, -0.1) is 0 Å². The van der Waals surface area contributed by atoms with Gasteiger partial charge in [0.25, 0.3) is 0 Å². The molecule has 0 aliphatic carbocycles. The maximum atomic E-state index is 13.7. The number of nitrogens with one attached hydrogen (secondary N) is 1. The average Bonchev–Trinajstić information content (AvgIpc) is 3.40. The minimum Gasteiger partial charge on any atom is -0.489 e. The molecule has 1 fully saturated rings. The molecule has 2 heterocycles. The number of para-hydroxylation sites is 1. The summed E-state index contributed by atoms with van der Waals surface area (Å²) < 4.78 is 25.0. The third-order valence-electron chi connectivity index (χ3n) is 4.90. The van der Waals surface area contributed by atoms with Crippen LogP contribution in [0.15, 0.2) is 53.1 Å². The third kappa shape index (κ3) is 4.42. The van der Waals surface area contributed by atoms with Crippen LogP contribution in [0.2, 0.25) is 0 Å². The number of ether oxygens (including phenoxy) is 1. The topological polar surface area (TPSA) is 80.5 Å². The van der Waals surface area contributed by atoms with Crippen molar-refractivity contribution in [3.05, 3.63) is 60.2 Å². The average molecular weight is 410 g/mol. The van der Waals surface area contributed by atoms with E-state index in [1.165, 1.54) is 12.1 Å². The normalized spacial score (nSPS) is 16.1. The van der Waals surface area contributed by atoms with Crippen LogP contribution in [0.5, 0.6) is 5.75 Å². The highest BCUT2D eigenvalue weighted by molar-refractivity contribution is 5.89. The molecule has 1 atom stereocenters. The number of rotatable bonds is 5. The van der Waals surface area contributed by atoms with E-state index in [0.29, 0.717) is 37.0 Å². The van der Waals surface area contributed by atoms with Gasteiger partial charge in [-0.2, -0.15) is 4.98 Å². The minimum absolute atomic E-state index is 0.125. The van der Waals surface area contributed by atoms with Crippen molar-refractivity contribution < 1.29 is 18.4 Å². The molecule has 1 saturated heterocycles. The van der Waals surface area contributed by atoms with Gasteiger partial charge >= 0.3 is 6.03 Å². The number of carbonyl (C=O) groups excluding carboxylic acids is 1. The first kappa shape index (κ1) is 19.9. The number of amides is 2. The molecule has 0 spiro atoms. The first-order valence-corrected chi connectivity index (χ1v) is 9.91. The first-order valence-electron chi connectivity index (χ1n) is 9.91. The summed E-state index contributed by atoms with van der Waals surface area (Å²) in [5.74, 6) is 1.56. The number of urea groups is 1. The summed E-state index contributed by atoms with van der Waals surface area (Å²) in [6, 6.07) is 13.2. The number of benzene rings is 2. The van der Waals surface area contributed by atoms with Gasteiger partial charge in [-0.1, -0.05) is 31.1 Å². The second-order valence-electron chi connectivity index (χ2n) is 7.52. The highest BCUT2D eigenvalue weighted by Gasteiger charge is 2.28. The summed E-state index contributed by atoms with van der Waals surface area (Å²) >= 11 is 0. The number of aromatic nitrogens is 2. The van der Waals surface area contributed by atoms with Crippen LogP contribution in [-0.4, -0.2) is 40.3 Å². The number of hydrogen-bond acceptors (Lipinski definition) is 5. The Balaban J connectivity index is 1.33. The zero-order chi connectivity index (χ0) is 21.1. The second kappa shape index (κ2) is 8.52. The lowest BCUT2D eigenvalue weighted by Crippen LogP contribution is -2.34. The van der Waals surface area contributed by atoms with Crippen LogP contribution in [-0.2, 0) is 0 Å². The molecular weight excluding hydrogens is 387 g/mol. The number of anilines is 1. The Morgan fingerprint density at radius 2 is 2.00 bits per heavy atom. The maximum absolute atomic E-state index is 13.7. The Labute approximate surface area is 173 Å². The van der Waals surface area contributed by atoms with Crippen LogP contribution in [0.4, 0.5) is 14.9 Å². The lowest BCUT2D eigenvalue weighted by Gasteiger charge is -2.18. The van der Waals surface area contributed by atoms with Gasteiger partial charge in [-0.25, -0.2) is 9.18 Å². The number of halogens is 1. The fourth-order valence-electron chi connectivity index (χ4n) is 3.23. The van der Waals surface area contributed by atoms with Crippen LogP contribution in [0.1, 0.15) is 32.1 Å². The number of likely N-dealkylation sites (tertiary alicyclic amines) is 1. The molecule has 0 bridgehead atoms. The molecule has 156 valence electrons. The summed E-state index contributed by atoms with van der Waals surface area (Å²) in [5, 5.41) is 6.61. The van der Waals surface area contributed by atoms with E-state index >= 15 is 0 Å². The van der Waals surface area contributed by atoms with Gasteiger partial charge < -0.3 is 19.5 Å². The van der Waals surface area contributed by atoms with Crippen molar-refractivity contribution in [2.45, 2.75) is 32.3 Å². The summed E-state index contributed by atoms with van der Waals surface area (Å²) in [7, 11) is 0. The molecule has 3 aromatic rings. The van der Waals surface area contributed by atoms with Gasteiger partial charge in [-0.3, -0.25) is 0 Å². The molecule has 1 aliphatic rings. The van der Waals surface area contributed by atoms with Gasteiger partial charge in [-0.05, 0) is 36.4 Å². The Kier molecular flexibility index (Phi) is 5.65. The number of carbonyl (C=O) groups is 1. The summed E-state index contributed by atoms with van der Waals surface area (Å²) in [5.41, 5.74) is 1.01. The Morgan fingerprint density at radius 1 is 1.23 bits per heavy atom. The lowest BCUT2D eigenvalue weighted by molar-refractivity contribution is 0.195. The van der Waals surface area contributed by atoms with Gasteiger partial charge in [0.1, 0.15) is 17.7 Å². The zero-order valence-corrected chi connectivity index (χ0v) is 16.8. The lowest BCUT2D eigenvalue weighted by atomic mass is 10.2. The van der Waals surface area contributed by atoms with Gasteiger partial charge in [0.15, 0.2) is 0 Å². The third-order valence-corrected chi connectivity index (χ3v) is 4.90. The van der Waals surface area contributed by atoms with Gasteiger partial charge in [0, 0.05) is 24.4 Å². The fraction of sp³-hybridized carbons (Fsp3) is 0.318. The summed E-state index contributed by atoms with van der Waals surface area (Å²) in [4.78, 5) is 18.4. The molecule has 2 amide bonds. The van der Waals surface area contributed by atoms with Gasteiger partial charge in [0.05, 0.1) is 12.2 Å². The monoisotopic (exact) mass is 410 g/mol. The highest BCUT2D eigenvalue weighted by Crippen LogP contribution is 2.24. The molecule has 1 aromatic heterocycles. The molecule has 0 radical (unpaired) electrons. The molecule has 0 saturated carbocycles. The maximum Gasteiger partial charge on any atom is 0.322 e. The predicted octanol–water partition coefficient (Wildman–Crippen LogP) is 4.68. The second-order valence-corrected chi connectivity index (χ2v) is 7.52. The molecule has 1 unspecified atom stereocenters. The molecule has 2 aromatic carbocycles. The van der Waals surface area contributed by atoms with Crippen LogP contribution >= 0.6 is 0 Å². The zero-order valence-electron chi connectivity index (χ0n) is 16.8. The van der Waals surface area contributed by atoms with E-state index in [4.69, 9.17) is 9.26 Å². The van der Waals surface area contributed by atoms with Crippen molar-refractivity contribution >= 4 is 11.7 Å². The van der Waals surface area contributed by atoms with Crippen LogP contribution in [0, 0.1) is 5.82 Å². The molecular formula is C22H23FN4O3. The van der Waals surface area contributed by atoms with Crippen LogP contribution in [0.25, 0.3) is 11.4 Å². The SMILES string of the molecule is CC(C)c1nc(-c2ccc(OC3CCN(C(=O)Nc4ccccc4F)C3)cc2)no1. The number of nitrogens with zero attached hydrogens (tertiary/aromatic N) is 3. The first-order chi connectivity index (χ1) is 14.5. The van der Waals surface area contributed by atoms with Crippen molar-refractivity contribution in [2.24, 2.45) is 0 Å². The Hall–Kier alpha value is -3.42. The Morgan fingerprint density at radius 3 is 2.70 bits per heavy atom. The van der Waals surface area contributed by atoms with E-state index in [0.717, 1.165) is 5.56 Å².